The second kappa shape index (κ2) is 5.48. The number of carbonyl (C=O) groups excluding carboxylic acids is 1. The van der Waals surface area contributed by atoms with Crippen LogP contribution >= 0.6 is 15.9 Å². The summed E-state index contributed by atoms with van der Waals surface area (Å²) in [5.41, 5.74) is 9.24. The molecule has 80 valence electrons. The zero-order valence-electron chi connectivity index (χ0n) is 8.18. The van der Waals surface area contributed by atoms with E-state index in [9.17, 15) is 4.79 Å². The van der Waals surface area contributed by atoms with Crippen LogP contribution in [0.4, 0.5) is 0 Å². The maximum atomic E-state index is 10.6. The first-order chi connectivity index (χ1) is 6.61. The maximum absolute atomic E-state index is 10.6. The molecule has 1 aliphatic carbocycles. The Hall–Kier alpha value is -0.390. The summed E-state index contributed by atoms with van der Waals surface area (Å²) in [5.74, 6) is -0.203. The van der Waals surface area contributed by atoms with Gasteiger partial charge in [0.15, 0.2) is 0 Å². The van der Waals surface area contributed by atoms with E-state index < -0.39 is 0 Å². The highest BCUT2D eigenvalue weighted by atomic mass is 79.9. The van der Waals surface area contributed by atoms with Crippen LogP contribution in [0, 0.1) is 0 Å². The van der Waals surface area contributed by atoms with Gasteiger partial charge in [0.05, 0.1) is 6.61 Å². The van der Waals surface area contributed by atoms with Gasteiger partial charge >= 0.3 is 0 Å². The fraction of sp³-hybridized carbons (Fsp3) is 0.667. The Morgan fingerprint density at radius 1 is 1.79 bits per heavy atom. The summed E-state index contributed by atoms with van der Waals surface area (Å²) in [4.78, 5) is 15.6. The van der Waals surface area contributed by atoms with E-state index in [1.807, 2.05) is 0 Å². The molecule has 0 aromatic rings. The molecule has 0 fully saturated rings. The zero-order chi connectivity index (χ0) is 10.6. The molecule has 0 spiro atoms. The second-order valence-electron chi connectivity index (χ2n) is 3.38. The number of nitrogens with one attached hydrogen (secondary N) is 1. The number of hydroxylamine groups is 1. The Kier molecular flexibility index (Phi) is 4.57. The third kappa shape index (κ3) is 3.40. The minimum absolute atomic E-state index is 0.0480. The van der Waals surface area contributed by atoms with Gasteiger partial charge in [-0.2, -0.15) is 0 Å². The van der Waals surface area contributed by atoms with Crippen molar-refractivity contribution in [1.82, 2.24) is 5.48 Å². The molecule has 0 radical (unpaired) electrons. The quantitative estimate of drug-likeness (QED) is 0.752. The Morgan fingerprint density at radius 2 is 2.50 bits per heavy atom. The number of allylic oxidation sites excluding steroid dienone is 1. The minimum atomic E-state index is -0.203. The Morgan fingerprint density at radius 3 is 3.07 bits per heavy atom. The molecule has 0 bridgehead atoms. The molecule has 3 N–H and O–H groups in total. The molecular weight excluding hydrogens is 248 g/mol. The van der Waals surface area contributed by atoms with Gasteiger partial charge in [-0.3, -0.25) is 9.63 Å². The van der Waals surface area contributed by atoms with E-state index in [1.54, 1.807) is 0 Å². The smallest absolute Gasteiger partial charge is 0.240 e. The van der Waals surface area contributed by atoms with Crippen molar-refractivity contribution in [1.29, 1.82) is 0 Å². The van der Waals surface area contributed by atoms with Gasteiger partial charge in [-0.15, -0.1) is 0 Å². The number of halogens is 1. The molecule has 1 amide bonds. The topological polar surface area (TPSA) is 64.3 Å². The van der Waals surface area contributed by atoms with E-state index in [-0.39, 0.29) is 11.9 Å². The number of nitrogens with two attached hydrogens (primary N) is 1. The average Bonchev–Trinajstić information content (AvgIpc) is 2.09. The summed E-state index contributed by atoms with van der Waals surface area (Å²) in [5, 5.41) is 0. The summed E-state index contributed by atoms with van der Waals surface area (Å²) >= 11 is 3.47. The first-order valence-corrected chi connectivity index (χ1v) is 5.42. The predicted octanol–water partition coefficient (Wildman–Crippen LogP) is 1.21. The molecule has 0 saturated heterocycles. The normalized spacial score (nSPS) is 22.4. The monoisotopic (exact) mass is 262 g/mol. The average molecular weight is 263 g/mol. The zero-order valence-corrected chi connectivity index (χ0v) is 9.76. The van der Waals surface area contributed by atoms with Crippen molar-refractivity contribution in [2.75, 3.05) is 6.61 Å². The standard InChI is InChI=1S/C9H15BrN2O2/c1-6(13)12-14-5-7-8(10)3-2-4-9(7)11/h9H,2-5,11H2,1H3,(H,12,13). The first kappa shape index (κ1) is 11.7. The number of hydrogen-bond acceptors (Lipinski definition) is 3. The van der Waals surface area contributed by atoms with E-state index in [0.717, 1.165) is 29.3 Å². The minimum Gasteiger partial charge on any atom is -0.324 e. The van der Waals surface area contributed by atoms with Gasteiger partial charge in [0.2, 0.25) is 5.91 Å². The van der Waals surface area contributed by atoms with Crippen LogP contribution in [0.15, 0.2) is 10.1 Å². The number of rotatable bonds is 3. The third-order valence-corrected chi connectivity index (χ3v) is 3.06. The highest BCUT2D eigenvalue weighted by molar-refractivity contribution is 9.11. The highest BCUT2D eigenvalue weighted by Crippen LogP contribution is 2.28. The largest absolute Gasteiger partial charge is 0.324 e. The van der Waals surface area contributed by atoms with E-state index in [0.29, 0.717) is 6.61 Å². The lowest BCUT2D eigenvalue weighted by Gasteiger charge is -2.22. The molecule has 0 heterocycles. The van der Waals surface area contributed by atoms with Crippen molar-refractivity contribution in [3.05, 3.63) is 10.1 Å². The molecule has 0 aromatic heterocycles. The van der Waals surface area contributed by atoms with Crippen molar-refractivity contribution in [3.63, 3.8) is 0 Å². The lowest BCUT2D eigenvalue weighted by atomic mass is 9.95. The van der Waals surface area contributed by atoms with Gasteiger partial charge in [0, 0.05) is 13.0 Å². The molecule has 5 heteroatoms. The van der Waals surface area contributed by atoms with Crippen LogP contribution in [0.25, 0.3) is 0 Å². The van der Waals surface area contributed by atoms with Crippen molar-refractivity contribution in [3.8, 4) is 0 Å². The summed E-state index contributed by atoms with van der Waals surface area (Å²) in [6.45, 7) is 1.77. The molecule has 0 aromatic carbocycles. The van der Waals surface area contributed by atoms with Crippen molar-refractivity contribution < 1.29 is 9.63 Å². The number of hydrogen-bond donors (Lipinski definition) is 2. The third-order valence-electron chi connectivity index (χ3n) is 2.15. The van der Waals surface area contributed by atoms with Crippen LogP contribution < -0.4 is 11.2 Å². The van der Waals surface area contributed by atoms with Crippen LogP contribution in [-0.2, 0) is 9.63 Å². The van der Waals surface area contributed by atoms with Gasteiger partial charge in [0.1, 0.15) is 0 Å². The van der Waals surface area contributed by atoms with Crippen LogP contribution in [0.1, 0.15) is 26.2 Å². The van der Waals surface area contributed by atoms with Crippen molar-refractivity contribution in [2.24, 2.45) is 5.73 Å². The Labute approximate surface area is 91.9 Å². The summed E-state index contributed by atoms with van der Waals surface area (Å²) in [6, 6.07) is 0.0480. The Bertz CT molecular complexity index is 253. The van der Waals surface area contributed by atoms with E-state index in [4.69, 9.17) is 10.6 Å². The summed E-state index contributed by atoms with van der Waals surface area (Å²) < 4.78 is 1.11. The van der Waals surface area contributed by atoms with Crippen LogP contribution in [-0.4, -0.2) is 18.6 Å². The lowest BCUT2D eigenvalue weighted by Crippen LogP contribution is -2.31. The van der Waals surface area contributed by atoms with Gasteiger partial charge in [-0.25, -0.2) is 5.48 Å². The molecule has 1 aliphatic rings. The molecule has 0 aliphatic heterocycles. The van der Waals surface area contributed by atoms with Crippen LogP contribution in [0.5, 0.6) is 0 Å². The molecule has 14 heavy (non-hydrogen) atoms. The van der Waals surface area contributed by atoms with Gasteiger partial charge < -0.3 is 5.73 Å². The predicted molar refractivity (Wildman–Crippen MR) is 57.5 cm³/mol. The van der Waals surface area contributed by atoms with Crippen molar-refractivity contribution >= 4 is 21.8 Å². The van der Waals surface area contributed by atoms with Crippen LogP contribution in [0.2, 0.25) is 0 Å². The summed E-state index contributed by atoms with van der Waals surface area (Å²) in [7, 11) is 0. The molecule has 1 atom stereocenters. The second-order valence-corrected chi connectivity index (χ2v) is 4.33. The maximum Gasteiger partial charge on any atom is 0.240 e. The molecule has 0 saturated carbocycles. The fourth-order valence-electron chi connectivity index (χ4n) is 1.41. The molecule has 1 rings (SSSR count). The SMILES string of the molecule is CC(=O)NOCC1=C(Br)CCCC1N. The molecule has 4 nitrogen and oxygen atoms in total. The fourth-order valence-corrected chi connectivity index (χ4v) is 2.10. The molecular formula is C9H15BrN2O2. The van der Waals surface area contributed by atoms with E-state index >= 15 is 0 Å². The lowest BCUT2D eigenvalue weighted by molar-refractivity contribution is -0.130. The van der Waals surface area contributed by atoms with Gasteiger partial charge in [-0.05, 0) is 29.3 Å². The van der Waals surface area contributed by atoms with E-state index in [2.05, 4.69) is 21.4 Å². The molecule has 1 unspecified atom stereocenters. The number of amides is 1. The first-order valence-electron chi connectivity index (χ1n) is 4.62. The Balaban J connectivity index is 2.44. The number of carbonyl (C=O) groups is 1. The van der Waals surface area contributed by atoms with E-state index in [1.165, 1.54) is 6.92 Å². The van der Waals surface area contributed by atoms with Crippen molar-refractivity contribution in [2.45, 2.75) is 32.2 Å². The summed E-state index contributed by atoms with van der Waals surface area (Å²) in [6.07, 6.45) is 3.09. The van der Waals surface area contributed by atoms with Gasteiger partial charge in [0.25, 0.3) is 0 Å². The van der Waals surface area contributed by atoms with Gasteiger partial charge in [-0.1, -0.05) is 15.9 Å². The van der Waals surface area contributed by atoms with Crippen LogP contribution in [0.3, 0.4) is 0 Å². The highest BCUT2D eigenvalue weighted by Gasteiger charge is 2.18.